The molecule has 1 N–H and O–H groups in total. The van der Waals surface area contributed by atoms with Gasteiger partial charge in [-0.2, -0.15) is 0 Å². The lowest BCUT2D eigenvalue weighted by molar-refractivity contribution is -0.145. The van der Waals surface area contributed by atoms with E-state index in [2.05, 4.69) is 5.32 Å². The van der Waals surface area contributed by atoms with Gasteiger partial charge >= 0.3 is 24.0 Å². The molecule has 11 heteroatoms. The van der Waals surface area contributed by atoms with Crippen molar-refractivity contribution in [1.82, 2.24) is 20.0 Å². The van der Waals surface area contributed by atoms with Crippen LogP contribution in [0.2, 0.25) is 0 Å². The van der Waals surface area contributed by atoms with Crippen molar-refractivity contribution in [2.75, 3.05) is 40.3 Å². The van der Waals surface area contributed by atoms with E-state index in [-0.39, 0.29) is 25.4 Å². The highest BCUT2D eigenvalue weighted by molar-refractivity contribution is 6.34. The average molecular weight is 547 g/mol. The average Bonchev–Trinajstić information content (AvgIpc) is 2.90. The number of amides is 4. The van der Waals surface area contributed by atoms with Crippen LogP contribution in [-0.4, -0.2) is 103 Å². The van der Waals surface area contributed by atoms with Crippen LogP contribution in [0.15, 0.2) is 30.3 Å². The molecule has 0 aromatic heterocycles. The summed E-state index contributed by atoms with van der Waals surface area (Å²) in [4.78, 5) is 54.8. The predicted octanol–water partition coefficient (Wildman–Crippen LogP) is 2.78. The molecule has 0 radical (unpaired) electrons. The lowest BCUT2D eigenvalue weighted by atomic mass is 9.96. The molecule has 2 aliphatic heterocycles. The summed E-state index contributed by atoms with van der Waals surface area (Å²) in [7, 11) is 3.03. The molecule has 0 aliphatic carbocycles. The smallest absolute Gasteiger partial charge is 0.410 e. The van der Waals surface area contributed by atoms with Gasteiger partial charge in [0.15, 0.2) is 0 Å². The first-order valence-electron chi connectivity index (χ1n) is 13.5. The van der Waals surface area contributed by atoms with Gasteiger partial charge < -0.3 is 34.2 Å². The Kier molecular flexibility index (Phi) is 10.6. The zero-order valence-corrected chi connectivity index (χ0v) is 23.7. The molecule has 2 fully saturated rings. The van der Waals surface area contributed by atoms with Crippen LogP contribution < -0.4 is 5.32 Å². The Balaban J connectivity index is 1.63. The van der Waals surface area contributed by atoms with E-state index in [1.54, 1.807) is 9.80 Å². The molecule has 3 rings (SSSR count). The van der Waals surface area contributed by atoms with Crippen LogP contribution in [-0.2, 0) is 30.4 Å². The maximum absolute atomic E-state index is 13.1. The standard InChI is InChI=1S/C28H42N4O7/c1-28(2,3)39-26(35)31-16-13-21(14-17-31)37-19-23-22(29-24(33)25(34)30(4)5)12-9-15-32(23)27(36)38-18-20-10-7-6-8-11-20/h6-8,10-11,21-23H,9,12-19H2,1-5H3,(H,29,33)/t22-,23-/m0/s1. The fourth-order valence-corrected chi connectivity index (χ4v) is 4.66. The van der Waals surface area contributed by atoms with Gasteiger partial charge in [-0.05, 0) is 52.0 Å². The molecule has 2 saturated heterocycles. The Morgan fingerprint density at radius 3 is 2.26 bits per heavy atom. The first-order valence-corrected chi connectivity index (χ1v) is 13.5. The molecule has 1 aromatic rings. The summed E-state index contributed by atoms with van der Waals surface area (Å²) in [6.45, 7) is 7.26. The van der Waals surface area contributed by atoms with Gasteiger partial charge in [0.25, 0.3) is 0 Å². The number of nitrogens with zero attached hydrogens (tertiary/aromatic N) is 3. The summed E-state index contributed by atoms with van der Waals surface area (Å²) < 4.78 is 17.3. The number of likely N-dealkylation sites (N-methyl/N-ethyl adjacent to an activating group) is 1. The molecular weight excluding hydrogens is 504 g/mol. The number of ether oxygens (including phenoxy) is 3. The molecule has 0 spiro atoms. The third-order valence-electron chi connectivity index (χ3n) is 6.73. The number of rotatable bonds is 6. The van der Waals surface area contributed by atoms with Gasteiger partial charge in [-0.15, -0.1) is 0 Å². The molecule has 2 aliphatic rings. The lowest BCUT2D eigenvalue weighted by Crippen LogP contribution is -2.60. The van der Waals surface area contributed by atoms with Crippen molar-refractivity contribution in [3.63, 3.8) is 0 Å². The fourth-order valence-electron chi connectivity index (χ4n) is 4.66. The maximum atomic E-state index is 13.1. The minimum absolute atomic E-state index is 0.118. The molecule has 0 bridgehead atoms. The second kappa shape index (κ2) is 13.6. The molecule has 216 valence electrons. The van der Waals surface area contributed by atoms with Gasteiger partial charge in [0, 0.05) is 33.7 Å². The number of hydrogen-bond acceptors (Lipinski definition) is 7. The first-order chi connectivity index (χ1) is 18.4. The Labute approximate surface area is 230 Å². The van der Waals surface area contributed by atoms with Crippen LogP contribution in [0.3, 0.4) is 0 Å². The molecule has 2 atom stereocenters. The number of likely N-dealkylation sites (tertiary alicyclic amines) is 2. The SMILES string of the molecule is CN(C)C(=O)C(=O)N[C@H]1CCCN(C(=O)OCc2ccccc2)[C@H]1COC1CCN(C(=O)OC(C)(C)C)CC1. The number of carbonyl (C=O) groups is 4. The minimum Gasteiger partial charge on any atom is -0.445 e. The second-order valence-corrected chi connectivity index (χ2v) is 11.2. The summed E-state index contributed by atoms with van der Waals surface area (Å²) in [5, 5.41) is 2.81. The van der Waals surface area contributed by atoms with Gasteiger partial charge in [-0.3, -0.25) is 9.59 Å². The molecule has 11 nitrogen and oxygen atoms in total. The zero-order chi connectivity index (χ0) is 28.6. The van der Waals surface area contributed by atoms with Gasteiger partial charge in [-0.25, -0.2) is 9.59 Å². The molecule has 2 heterocycles. The van der Waals surface area contributed by atoms with Crippen LogP contribution >= 0.6 is 0 Å². The van der Waals surface area contributed by atoms with Gasteiger partial charge in [0.1, 0.15) is 12.2 Å². The van der Waals surface area contributed by atoms with Crippen molar-refractivity contribution < 1.29 is 33.4 Å². The highest BCUT2D eigenvalue weighted by Crippen LogP contribution is 2.23. The summed E-state index contributed by atoms with van der Waals surface area (Å²) >= 11 is 0. The number of piperidine rings is 2. The molecule has 1 aromatic carbocycles. The fraction of sp³-hybridized carbons (Fsp3) is 0.643. The number of benzene rings is 1. The summed E-state index contributed by atoms with van der Waals surface area (Å²) in [5.41, 5.74) is 0.311. The molecule has 4 amide bonds. The maximum Gasteiger partial charge on any atom is 0.410 e. The minimum atomic E-state index is -0.722. The van der Waals surface area contributed by atoms with E-state index in [9.17, 15) is 19.2 Å². The molecule has 0 unspecified atom stereocenters. The van der Waals surface area contributed by atoms with Crippen molar-refractivity contribution in [3.05, 3.63) is 35.9 Å². The van der Waals surface area contributed by atoms with Gasteiger partial charge in [-0.1, -0.05) is 30.3 Å². The Morgan fingerprint density at radius 1 is 0.974 bits per heavy atom. The third kappa shape index (κ3) is 9.12. The van der Waals surface area contributed by atoms with Crippen molar-refractivity contribution in [2.24, 2.45) is 0 Å². The monoisotopic (exact) mass is 546 g/mol. The lowest BCUT2D eigenvalue weighted by Gasteiger charge is -2.41. The Morgan fingerprint density at radius 2 is 1.64 bits per heavy atom. The number of nitrogens with one attached hydrogen (secondary N) is 1. The second-order valence-electron chi connectivity index (χ2n) is 11.2. The predicted molar refractivity (Wildman–Crippen MR) is 144 cm³/mol. The van der Waals surface area contributed by atoms with E-state index >= 15 is 0 Å². The number of hydrogen-bond donors (Lipinski definition) is 1. The van der Waals surface area contributed by atoms with Crippen molar-refractivity contribution in [1.29, 1.82) is 0 Å². The van der Waals surface area contributed by atoms with E-state index in [4.69, 9.17) is 14.2 Å². The van der Waals surface area contributed by atoms with E-state index in [0.29, 0.717) is 45.3 Å². The summed E-state index contributed by atoms with van der Waals surface area (Å²) in [5.74, 6) is -1.38. The van der Waals surface area contributed by atoms with Gasteiger partial charge in [0.05, 0.1) is 24.8 Å². The molecule has 39 heavy (non-hydrogen) atoms. The van der Waals surface area contributed by atoms with E-state index in [0.717, 1.165) is 5.56 Å². The van der Waals surface area contributed by atoms with E-state index in [1.807, 2.05) is 51.1 Å². The highest BCUT2D eigenvalue weighted by atomic mass is 16.6. The van der Waals surface area contributed by atoms with Crippen LogP contribution in [0.25, 0.3) is 0 Å². The van der Waals surface area contributed by atoms with Crippen LogP contribution in [0.4, 0.5) is 9.59 Å². The first kappa shape index (κ1) is 30.2. The number of carbonyl (C=O) groups excluding carboxylic acids is 4. The third-order valence-corrected chi connectivity index (χ3v) is 6.73. The van der Waals surface area contributed by atoms with Crippen LogP contribution in [0.5, 0.6) is 0 Å². The van der Waals surface area contributed by atoms with E-state index in [1.165, 1.54) is 19.0 Å². The summed E-state index contributed by atoms with van der Waals surface area (Å²) in [6, 6.07) is 8.42. The molecule has 0 saturated carbocycles. The summed E-state index contributed by atoms with van der Waals surface area (Å²) in [6.07, 6.45) is 1.54. The Hall–Kier alpha value is -3.34. The van der Waals surface area contributed by atoms with Crippen LogP contribution in [0, 0.1) is 0 Å². The van der Waals surface area contributed by atoms with Crippen LogP contribution in [0.1, 0.15) is 52.0 Å². The Bertz CT molecular complexity index is 987. The zero-order valence-electron chi connectivity index (χ0n) is 23.7. The topological polar surface area (TPSA) is 118 Å². The van der Waals surface area contributed by atoms with Gasteiger partial charge in [0.2, 0.25) is 0 Å². The largest absolute Gasteiger partial charge is 0.445 e. The quantitative estimate of drug-likeness (QED) is 0.545. The van der Waals surface area contributed by atoms with Crippen molar-refractivity contribution in [3.8, 4) is 0 Å². The van der Waals surface area contributed by atoms with E-state index < -0.39 is 35.6 Å². The molecular formula is C28H42N4O7. The van der Waals surface area contributed by atoms with Crippen molar-refractivity contribution in [2.45, 2.75) is 76.9 Å². The normalized spacial score (nSPS) is 20.2. The highest BCUT2D eigenvalue weighted by Gasteiger charge is 2.38. The van der Waals surface area contributed by atoms with Crippen molar-refractivity contribution >= 4 is 24.0 Å².